The van der Waals surface area contributed by atoms with Gasteiger partial charge < -0.3 is 14.6 Å². The lowest BCUT2D eigenvalue weighted by molar-refractivity contribution is -0.0226. The summed E-state index contributed by atoms with van der Waals surface area (Å²) in [7, 11) is 1.65. The molecule has 4 heteroatoms. The van der Waals surface area contributed by atoms with E-state index in [1.807, 2.05) is 24.3 Å². The average Bonchev–Trinajstić information content (AvgIpc) is 3.12. The third-order valence-corrected chi connectivity index (χ3v) is 9.18. The molecule has 6 rings (SSSR count). The molecule has 1 aliphatic heterocycles. The number of carbonyl (C=O) groups is 1. The lowest BCUT2D eigenvalue weighted by Gasteiger charge is -2.50. The lowest BCUT2D eigenvalue weighted by atomic mass is 9.55. The van der Waals surface area contributed by atoms with Crippen molar-refractivity contribution < 1.29 is 19.4 Å². The second-order valence-electron chi connectivity index (χ2n) is 10.6. The fourth-order valence-electron chi connectivity index (χ4n) is 7.39. The Kier molecular flexibility index (Phi) is 4.66. The van der Waals surface area contributed by atoms with Crippen molar-refractivity contribution in [3.8, 4) is 11.5 Å². The van der Waals surface area contributed by atoms with Gasteiger partial charge in [0.1, 0.15) is 17.6 Å². The van der Waals surface area contributed by atoms with E-state index in [9.17, 15) is 9.90 Å². The van der Waals surface area contributed by atoms with E-state index in [4.69, 9.17) is 9.47 Å². The van der Waals surface area contributed by atoms with Gasteiger partial charge in [-0.15, -0.1) is 0 Å². The summed E-state index contributed by atoms with van der Waals surface area (Å²) in [6.45, 7) is 2.31. The molecule has 1 N–H and O–H groups in total. The van der Waals surface area contributed by atoms with E-state index in [1.165, 1.54) is 17.5 Å². The van der Waals surface area contributed by atoms with Gasteiger partial charge in [0.25, 0.3) is 0 Å². The molecular formula is C28H32O4. The van der Waals surface area contributed by atoms with E-state index in [1.54, 1.807) is 7.11 Å². The summed E-state index contributed by atoms with van der Waals surface area (Å²) in [6, 6.07) is 12.1. The van der Waals surface area contributed by atoms with Crippen molar-refractivity contribution in [3.63, 3.8) is 0 Å². The predicted molar refractivity (Wildman–Crippen MR) is 122 cm³/mol. The van der Waals surface area contributed by atoms with Crippen molar-refractivity contribution in [3.05, 3.63) is 58.7 Å². The van der Waals surface area contributed by atoms with E-state index in [0.29, 0.717) is 24.2 Å². The second-order valence-corrected chi connectivity index (χ2v) is 10.6. The van der Waals surface area contributed by atoms with Gasteiger partial charge in [-0.25, -0.2) is 0 Å². The number of ether oxygens (including phenoxy) is 2. The van der Waals surface area contributed by atoms with Crippen LogP contribution in [0.1, 0.15) is 84.5 Å². The minimum Gasteiger partial charge on any atom is -0.497 e. The van der Waals surface area contributed by atoms with Crippen molar-refractivity contribution in [2.75, 3.05) is 7.11 Å². The number of benzene rings is 2. The largest absolute Gasteiger partial charge is 0.497 e. The zero-order valence-corrected chi connectivity index (χ0v) is 19.0. The lowest BCUT2D eigenvalue weighted by Crippen LogP contribution is -2.44. The quantitative estimate of drug-likeness (QED) is 0.669. The van der Waals surface area contributed by atoms with E-state index >= 15 is 0 Å². The molecule has 1 unspecified atom stereocenters. The van der Waals surface area contributed by atoms with Crippen LogP contribution in [0.3, 0.4) is 0 Å². The van der Waals surface area contributed by atoms with E-state index in [-0.39, 0.29) is 23.4 Å². The topological polar surface area (TPSA) is 55.8 Å². The summed E-state index contributed by atoms with van der Waals surface area (Å²) < 4.78 is 11.7. The zero-order chi connectivity index (χ0) is 22.0. The van der Waals surface area contributed by atoms with Gasteiger partial charge in [-0.05, 0) is 103 Å². The van der Waals surface area contributed by atoms with Crippen LogP contribution in [0.5, 0.6) is 11.5 Å². The van der Waals surface area contributed by atoms with Gasteiger partial charge in [-0.1, -0.05) is 19.1 Å². The van der Waals surface area contributed by atoms with Crippen LogP contribution < -0.4 is 9.47 Å². The highest BCUT2D eigenvalue weighted by Crippen LogP contribution is 2.61. The summed E-state index contributed by atoms with van der Waals surface area (Å²) in [5, 5.41) is 10.6. The van der Waals surface area contributed by atoms with Gasteiger partial charge in [-0.3, -0.25) is 4.79 Å². The molecular weight excluding hydrogens is 400 g/mol. The first-order valence-corrected chi connectivity index (χ1v) is 12.2. The van der Waals surface area contributed by atoms with Crippen LogP contribution in [0.15, 0.2) is 36.4 Å². The van der Waals surface area contributed by atoms with Crippen molar-refractivity contribution in [1.82, 2.24) is 0 Å². The van der Waals surface area contributed by atoms with Crippen molar-refractivity contribution >= 4 is 5.78 Å². The molecule has 4 aliphatic rings. The number of carbonyl (C=O) groups excluding carboxylic acids is 1. The monoisotopic (exact) mass is 432 g/mol. The van der Waals surface area contributed by atoms with Gasteiger partial charge in [0.05, 0.1) is 25.2 Å². The number of aliphatic hydroxyl groups excluding tert-OH is 1. The van der Waals surface area contributed by atoms with Crippen LogP contribution in [0.2, 0.25) is 0 Å². The normalized spacial score (nSPS) is 35.2. The van der Waals surface area contributed by atoms with E-state index in [2.05, 4.69) is 19.1 Å². The van der Waals surface area contributed by atoms with Crippen molar-refractivity contribution in [2.24, 2.45) is 17.3 Å². The Morgan fingerprint density at radius 3 is 2.84 bits per heavy atom. The minimum atomic E-state index is -0.269. The highest BCUT2D eigenvalue weighted by molar-refractivity contribution is 6.00. The van der Waals surface area contributed by atoms with Crippen molar-refractivity contribution in [2.45, 2.75) is 70.0 Å². The number of ketones is 1. The molecule has 2 saturated carbocycles. The molecule has 0 saturated heterocycles. The van der Waals surface area contributed by atoms with Crippen LogP contribution >= 0.6 is 0 Å². The first-order chi connectivity index (χ1) is 15.5. The number of hydrogen-bond donors (Lipinski definition) is 1. The van der Waals surface area contributed by atoms with Gasteiger partial charge in [0, 0.05) is 0 Å². The highest BCUT2D eigenvalue weighted by Gasteiger charge is 2.54. The summed E-state index contributed by atoms with van der Waals surface area (Å²) in [5.41, 5.74) is 4.54. The maximum Gasteiger partial charge on any atom is 0.170 e. The van der Waals surface area contributed by atoms with Gasteiger partial charge in [0.15, 0.2) is 5.78 Å². The Bertz CT molecular complexity index is 1080. The molecule has 3 aliphatic carbocycles. The smallest absolute Gasteiger partial charge is 0.170 e. The maximum absolute atomic E-state index is 13.2. The fraction of sp³-hybridized carbons (Fsp3) is 0.536. The van der Waals surface area contributed by atoms with Crippen molar-refractivity contribution in [1.29, 1.82) is 0 Å². The number of fused-ring (bicyclic) bond motifs is 6. The van der Waals surface area contributed by atoms with Crippen LogP contribution in [-0.2, 0) is 6.42 Å². The molecule has 2 fully saturated rings. The maximum atomic E-state index is 13.2. The van der Waals surface area contributed by atoms with Gasteiger partial charge in [-0.2, -0.15) is 0 Å². The molecule has 0 spiro atoms. The zero-order valence-electron chi connectivity index (χ0n) is 19.0. The fourth-order valence-corrected chi connectivity index (χ4v) is 7.39. The first kappa shape index (κ1) is 20.3. The standard InChI is InChI=1S/C28H32O4/c1-28-11-10-19-20(23(28)8-9-27(28)30)7-6-16-13-26-22(14-21(16)19)24(29)15-25(32-26)17-4-3-5-18(12-17)31-2/h3-5,12-14,19-20,23,25,27,30H,6-11,15H2,1-2H3/t19-,20+,23-,25?,27-,28-/m0/s1. The van der Waals surface area contributed by atoms with Crippen LogP contribution in [-0.4, -0.2) is 24.1 Å². The Morgan fingerprint density at radius 1 is 1.12 bits per heavy atom. The third-order valence-electron chi connectivity index (χ3n) is 9.18. The molecule has 2 aromatic carbocycles. The minimum absolute atomic E-state index is 0.0791. The average molecular weight is 433 g/mol. The van der Waals surface area contributed by atoms with E-state index < -0.39 is 0 Å². The highest BCUT2D eigenvalue weighted by atomic mass is 16.5. The van der Waals surface area contributed by atoms with Gasteiger partial charge in [0.2, 0.25) is 0 Å². The Hall–Kier alpha value is -2.33. The predicted octanol–water partition coefficient (Wildman–Crippen LogP) is 5.62. The number of aliphatic hydroxyl groups is 1. The van der Waals surface area contributed by atoms with E-state index in [0.717, 1.165) is 54.7 Å². The summed E-state index contributed by atoms with van der Waals surface area (Å²) in [4.78, 5) is 13.2. The number of methoxy groups -OCH3 is 1. The molecule has 0 aromatic heterocycles. The summed E-state index contributed by atoms with van der Waals surface area (Å²) in [5.74, 6) is 3.42. The molecule has 168 valence electrons. The SMILES string of the molecule is COc1cccc(C2CC(=O)c3cc4c(cc3O2)CC[C@@H]2[C@@H]4CC[C@]3(C)[C@@H](O)CC[C@@H]23)c1. The molecule has 2 aromatic rings. The molecule has 6 atom stereocenters. The van der Waals surface area contributed by atoms with Crippen LogP contribution in [0.25, 0.3) is 0 Å². The Morgan fingerprint density at radius 2 is 2.00 bits per heavy atom. The van der Waals surface area contributed by atoms with Crippen LogP contribution in [0, 0.1) is 17.3 Å². The number of aryl methyl sites for hydroxylation is 1. The molecule has 0 bridgehead atoms. The number of hydrogen-bond acceptors (Lipinski definition) is 4. The number of Topliss-reactive ketones (excluding diaryl/α,β-unsaturated/α-hetero) is 1. The molecule has 4 nitrogen and oxygen atoms in total. The molecule has 0 amide bonds. The summed E-state index contributed by atoms with van der Waals surface area (Å²) >= 11 is 0. The third kappa shape index (κ3) is 2.95. The molecule has 0 radical (unpaired) electrons. The number of rotatable bonds is 2. The van der Waals surface area contributed by atoms with Crippen LogP contribution in [0.4, 0.5) is 0 Å². The second kappa shape index (κ2) is 7.34. The van der Waals surface area contributed by atoms with Gasteiger partial charge >= 0.3 is 0 Å². The molecule has 32 heavy (non-hydrogen) atoms. The Labute approximate surface area is 189 Å². The first-order valence-electron chi connectivity index (χ1n) is 12.2. The molecule has 1 heterocycles. The summed E-state index contributed by atoms with van der Waals surface area (Å²) in [6.07, 6.45) is 6.44. The Balaban J connectivity index is 1.32.